The number of unbranched alkanes of at least 4 members (excludes halogenated alkanes) is 9. The maximum absolute atomic E-state index is 3.66. The minimum atomic E-state index is 0.724. The number of nitrogens with one attached hydrogen (secondary N) is 1. The van der Waals surface area contributed by atoms with Crippen molar-refractivity contribution < 1.29 is 0 Å². The Hall–Kier alpha value is -0.0400. The molecule has 110 valence electrons. The molecule has 1 nitrogen and oxygen atoms in total. The molecule has 0 bridgehead atoms. The summed E-state index contributed by atoms with van der Waals surface area (Å²) in [5.74, 6) is 0. The quantitative estimate of drug-likeness (QED) is 0.393. The molecule has 0 aliphatic heterocycles. The monoisotopic (exact) mass is 255 g/mol. The van der Waals surface area contributed by atoms with Crippen LogP contribution in [-0.4, -0.2) is 12.6 Å². The van der Waals surface area contributed by atoms with Crippen LogP contribution >= 0.6 is 0 Å². The van der Waals surface area contributed by atoms with E-state index in [1.165, 1.54) is 83.6 Å². The number of rotatable bonds is 14. The van der Waals surface area contributed by atoms with Crippen molar-refractivity contribution in [3.63, 3.8) is 0 Å². The fourth-order valence-electron chi connectivity index (χ4n) is 2.41. The Morgan fingerprint density at radius 2 is 1.17 bits per heavy atom. The third kappa shape index (κ3) is 14.0. The minimum absolute atomic E-state index is 0.724. The molecule has 0 amide bonds. The van der Waals surface area contributed by atoms with E-state index in [0.29, 0.717) is 0 Å². The van der Waals surface area contributed by atoms with Crippen LogP contribution in [0, 0.1) is 0 Å². The van der Waals surface area contributed by atoms with Gasteiger partial charge in [0, 0.05) is 6.04 Å². The lowest BCUT2D eigenvalue weighted by atomic mass is 10.1. The van der Waals surface area contributed by atoms with E-state index in [4.69, 9.17) is 0 Å². The van der Waals surface area contributed by atoms with Crippen LogP contribution in [0.2, 0.25) is 0 Å². The van der Waals surface area contributed by atoms with E-state index in [0.717, 1.165) is 6.04 Å². The van der Waals surface area contributed by atoms with Crippen LogP contribution in [0.3, 0.4) is 0 Å². The SMILES string of the molecule is CCCCCCCCCNC(C)CCCCCC. The first-order chi connectivity index (χ1) is 8.81. The second-order valence-electron chi connectivity index (χ2n) is 5.83. The standard InChI is InChI=1S/C17H37N/c1-4-6-8-10-11-12-14-16-18-17(3)15-13-9-7-5-2/h17-18H,4-16H2,1-3H3. The van der Waals surface area contributed by atoms with Crippen LogP contribution in [0.15, 0.2) is 0 Å². The third-order valence-electron chi connectivity index (χ3n) is 3.76. The van der Waals surface area contributed by atoms with Gasteiger partial charge in [-0.25, -0.2) is 0 Å². The maximum atomic E-state index is 3.66. The van der Waals surface area contributed by atoms with Gasteiger partial charge in [-0.15, -0.1) is 0 Å². The molecule has 1 atom stereocenters. The Bertz CT molecular complexity index is 145. The molecule has 0 aliphatic carbocycles. The van der Waals surface area contributed by atoms with Crippen LogP contribution in [0.1, 0.15) is 97.8 Å². The van der Waals surface area contributed by atoms with Crippen molar-refractivity contribution in [3.8, 4) is 0 Å². The van der Waals surface area contributed by atoms with Crippen molar-refractivity contribution in [2.75, 3.05) is 6.54 Å². The first-order valence-corrected chi connectivity index (χ1v) is 8.54. The smallest absolute Gasteiger partial charge is 0.00387 e. The molecule has 18 heavy (non-hydrogen) atoms. The highest BCUT2D eigenvalue weighted by Gasteiger charge is 2.00. The zero-order valence-electron chi connectivity index (χ0n) is 13.3. The molecule has 1 N–H and O–H groups in total. The molecule has 0 aromatic heterocycles. The van der Waals surface area contributed by atoms with Crippen LogP contribution in [0.4, 0.5) is 0 Å². The number of hydrogen-bond donors (Lipinski definition) is 1. The second-order valence-corrected chi connectivity index (χ2v) is 5.83. The summed E-state index contributed by atoms with van der Waals surface area (Å²) >= 11 is 0. The molecule has 0 rings (SSSR count). The molecule has 0 spiro atoms. The fourth-order valence-corrected chi connectivity index (χ4v) is 2.41. The molecule has 1 unspecified atom stereocenters. The largest absolute Gasteiger partial charge is 0.314 e. The van der Waals surface area contributed by atoms with Crippen LogP contribution < -0.4 is 5.32 Å². The van der Waals surface area contributed by atoms with Gasteiger partial charge in [0.2, 0.25) is 0 Å². The predicted octanol–water partition coefficient (Wildman–Crippen LogP) is 5.69. The van der Waals surface area contributed by atoms with E-state index in [2.05, 4.69) is 26.1 Å². The summed E-state index contributed by atoms with van der Waals surface area (Å²) in [6.45, 7) is 8.13. The second kappa shape index (κ2) is 15.0. The summed E-state index contributed by atoms with van der Waals surface area (Å²) in [5, 5.41) is 3.66. The average molecular weight is 255 g/mol. The lowest BCUT2D eigenvalue weighted by molar-refractivity contribution is 0.468. The molecule has 0 aromatic carbocycles. The van der Waals surface area contributed by atoms with Gasteiger partial charge < -0.3 is 5.32 Å². The van der Waals surface area contributed by atoms with Crippen LogP contribution in [-0.2, 0) is 0 Å². The van der Waals surface area contributed by atoms with Gasteiger partial charge in [-0.05, 0) is 26.3 Å². The highest BCUT2D eigenvalue weighted by molar-refractivity contribution is 4.60. The lowest BCUT2D eigenvalue weighted by Gasteiger charge is -2.13. The first kappa shape index (κ1) is 18.0. The average Bonchev–Trinajstić information content (AvgIpc) is 2.38. The fraction of sp³-hybridized carbons (Fsp3) is 1.00. The zero-order chi connectivity index (χ0) is 13.5. The summed E-state index contributed by atoms with van der Waals surface area (Å²) in [6.07, 6.45) is 16.8. The van der Waals surface area contributed by atoms with Gasteiger partial charge in [-0.2, -0.15) is 0 Å². The van der Waals surface area contributed by atoms with Gasteiger partial charge in [-0.1, -0.05) is 78.1 Å². The topological polar surface area (TPSA) is 12.0 Å². The van der Waals surface area contributed by atoms with Gasteiger partial charge >= 0.3 is 0 Å². The number of hydrogen-bond acceptors (Lipinski definition) is 1. The Morgan fingerprint density at radius 3 is 1.78 bits per heavy atom. The van der Waals surface area contributed by atoms with Crippen molar-refractivity contribution in [1.29, 1.82) is 0 Å². The summed E-state index contributed by atoms with van der Waals surface area (Å²) < 4.78 is 0. The Balaban J connectivity index is 3.08. The third-order valence-corrected chi connectivity index (χ3v) is 3.76. The molecular weight excluding hydrogens is 218 g/mol. The van der Waals surface area contributed by atoms with Gasteiger partial charge in [0.1, 0.15) is 0 Å². The molecule has 0 radical (unpaired) electrons. The summed E-state index contributed by atoms with van der Waals surface area (Å²) in [7, 11) is 0. The summed E-state index contributed by atoms with van der Waals surface area (Å²) in [5.41, 5.74) is 0. The Kier molecular flexibility index (Phi) is 15.0. The first-order valence-electron chi connectivity index (χ1n) is 8.54. The van der Waals surface area contributed by atoms with E-state index in [-0.39, 0.29) is 0 Å². The zero-order valence-corrected chi connectivity index (χ0v) is 13.3. The van der Waals surface area contributed by atoms with Gasteiger partial charge in [0.25, 0.3) is 0 Å². The Labute approximate surface area is 116 Å². The van der Waals surface area contributed by atoms with E-state index < -0.39 is 0 Å². The van der Waals surface area contributed by atoms with Crippen molar-refractivity contribution in [3.05, 3.63) is 0 Å². The van der Waals surface area contributed by atoms with Gasteiger partial charge in [-0.3, -0.25) is 0 Å². The summed E-state index contributed by atoms with van der Waals surface area (Å²) in [4.78, 5) is 0. The lowest BCUT2D eigenvalue weighted by Crippen LogP contribution is -2.26. The van der Waals surface area contributed by atoms with E-state index >= 15 is 0 Å². The van der Waals surface area contributed by atoms with Crippen LogP contribution in [0.25, 0.3) is 0 Å². The molecule has 0 aliphatic rings. The predicted molar refractivity (Wildman–Crippen MR) is 84.2 cm³/mol. The van der Waals surface area contributed by atoms with Crippen molar-refractivity contribution in [2.45, 2.75) is 104 Å². The van der Waals surface area contributed by atoms with Gasteiger partial charge in [0.05, 0.1) is 0 Å². The molecule has 1 heteroatoms. The molecule has 0 aromatic rings. The van der Waals surface area contributed by atoms with Crippen molar-refractivity contribution in [2.24, 2.45) is 0 Å². The molecule has 0 saturated carbocycles. The molecule has 0 heterocycles. The summed E-state index contributed by atoms with van der Waals surface area (Å²) in [6, 6.07) is 0.724. The van der Waals surface area contributed by atoms with E-state index in [1.807, 2.05) is 0 Å². The van der Waals surface area contributed by atoms with Gasteiger partial charge in [0.15, 0.2) is 0 Å². The van der Waals surface area contributed by atoms with E-state index in [9.17, 15) is 0 Å². The molecule has 0 saturated heterocycles. The molecule has 0 fully saturated rings. The Morgan fingerprint density at radius 1 is 0.667 bits per heavy atom. The van der Waals surface area contributed by atoms with Crippen molar-refractivity contribution in [1.82, 2.24) is 5.32 Å². The van der Waals surface area contributed by atoms with E-state index in [1.54, 1.807) is 0 Å². The highest BCUT2D eigenvalue weighted by atomic mass is 14.9. The highest BCUT2D eigenvalue weighted by Crippen LogP contribution is 2.07. The van der Waals surface area contributed by atoms with Crippen molar-refractivity contribution >= 4 is 0 Å². The molecular formula is C17H37N. The normalized spacial score (nSPS) is 12.8. The minimum Gasteiger partial charge on any atom is -0.314 e. The van der Waals surface area contributed by atoms with Crippen LogP contribution in [0.5, 0.6) is 0 Å². The maximum Gasteiger partial charge on any atom is 0.00387 e.